The number of thiophene rings is 1. The molecule has 0 unspecified atom stereocenters. The molecule has 30 heavy (non-hydrogen) atoms. The van der Waals surface area contributed by atoms with Crippen molar-refractivity contribution in [3.05, 3.63) is 69.8 Å². The summed E-state index contributed by atoms with van der Waals surface area (Å²) in [7, 11) is 1.49. The Morgan fingerprint density at radius 2 is 1.90 bits per heavy atom. The number of esters is 1. The van der Waals surface area contributed by atoms with E-state index in [4.69, 9.17) is 9.47 Å². The third-order valence-electron chi connectivity index (χ3n) is 4.66. The molecule has 0 bridgehead atoms. The molecule has 0 fully saturated rings. The van der Waals surface area contributed by atoms with Gasteiger partial charge in [0.05, 0.1) is 13.2 Å². The average Bonchev–Trinajstić information content (AvgIpc) is 3.11. The number of carbonyl (C=O) groups excluding carboxylic acids is 2. The highest BCUT2D eigenvalue weighted by Gasteiger charge is 2.21. The van der Waals surface area contributed by atoms with Gasteiger partial charge in [-0.15, -0.1) is 11.3 Å². The van der Waals surface area contributed by atoms with E-state index in [0.29, 0.717) is 33.4 Å². The molecule has 3 aromatic rings. The molecule has 1 aromatic heterocycles. The second-order valence-electron chi connectivity index (χ2n) is 6.93. The van der Waals surface area contributed by atoms with Crippen LogP contribution in [0.4, 0.5) is 4.39 Å². The standard InChI is InChI=1S/C23H24FNO4S/c1-15-6-8-16(9-7-15)10-11-20(26)25-12-13-29-23(27)22-17(14-28-2)21-18(24)4-3-5-19(21)30-22/h3-9H,10-14H2,1-2H3,(H,25,26). The first-order valence-electron chi connectivity index (χ1n) is 9.67. The summed E-state index contributed by atoms with van der Waals surface area (Å²) in [4.78, 5) is 24.8. The molecule has 158 valence electrons. The Morgan fingerprint density at radius 3 is 2.63 bits per heavy atom. The van der Waals surface area contributed by atoms with E-state index >= 15 is 0 Å². The minimum Gasteiger partial charge on any atom is -0.460 e. The average molecular weight is 430 g/mol. The van der Waals surface area contributed by atoms with E-state index in [9.17, 15) is 14.0 Å². The number of carbonyl (C=O) groups is 2. The van der Waals surface area contributed by atoms with Crippen LogP contribution in [0.3, 0.4) is 0 Å². The Hall–Kier alpha value is -2.77. The van der Waals surface area contributed by atoms with E-state index in [0.717, 1.165) is 5.56 Å². The first-order chi connectivity index (χ1) is 14.5. The second-order valence-corrected chi connectivity index (χ2v) is 7.98. The molecule has 1 amide bonds. The number of ether oxygens (including phenoxy) is 2. The summed E-state index contributed by atoms with van der Waals surface area (Å²) >= 11 is 1.18. The van der Waals surface area contributed by atoms with Crippen LogP contribution in [-0.4, -0.2) is 32.1 Å². The van der Waals surface area contributed by atoms with Crippen LogP contribution in [0.1, 0.15) is 32.8 Å². The molecule has 1 heterocycles. The van der Waals surface area contributed by atoms with E-state index in [1.54, 1.807) is 12.1 Å². The van der Waals surface area contributed by atoms with E-state index in [1.807, 2.05) is 31.2 Å². The fourth-order valence-corrected chi connectivity index (χ4v) is 4.23. The van der Waals surface area contributed by atoms with Gasteiger partial charge in [-0.05, 0) is 31.0 Å². The Morgan fingerprint density at radius 1 is 1.13 bits per heavy atom. The number of rotatable bonds is 9. The van der Waals surface area contributed by atoms with Crippen LogP contribution in [0.25, 0.3) is 10.1 Å². The number of hydrogen-bond acceptors (Lipinski definition) is 5. The van der Waals surface area contributed by atoms with Crippen molar-refractivity contribution >= 4 is 33.3 Å². The summed E-state index contributed by atoms with van der Waals surface area (Å²) in [5.41, 5.74) is 2.77. The lowest BCUT2D eigenvalue weighted by molar-refractivity contribution is -0.121. The van der Waals surface area contributed by atoms with Crippen LogP contribution in [0.15, 0.2) is 42.5 Å². The summed E-state index contributed by atoms with van der Waals surface area (Å²) in [6.45, 7) is 2.39. The summed E-state index contributed by atoms with van der Waals surface area (Å²) in [6.07, 6.45) is 1.02. The van der Waals surface area contributed by atoms with E-state index < -0.39 is 11.8 Å². The highest BCUT2D eigenvalue weighted by atomic mass is 32.1. The molecular formula is C23H24FNO4S. The predicted octanol–water partition coefficient (Wildman–Crippen LogP) is 4.40. The number of aryl methyl sites for hydroxylation is 2. The molecular weight excluding hydrogens is 405 g/mol. The Balaban J connectivity index is 1.50. The highest BCUT2D eigenvalue weighted by molar-refractivity contribution is 7.21. The number of nitrogens with one attached hydrogen (secondary N) is 1. The molecule has 0 aliphatic carbocycles. The van der Waals surface area contributed by atoms with Crippen LogP contribution in [0.5, 0.6) is 0 Å². The summed E-state index contributed by atoms with van der Waals surface area (Å²) in [5.74, 6) is -1.04. The van der Waals surface area contributed by atoms with Gasteiger partial charge in [0.1, 0.15) is 17.3 Å². The number of halogens is 1. The number of amides is 1. The van der Waals surface area contributed by atoms with Gasteiger partial charge >= 0.3 is 5.97 Å². The fraction of sp³-hybridized carbons (Fsp3) is 0.304. The molecule has 0 aliphatic rings. The second kappa shape index (κ2) is 10.3. The number of benzene rings is 2. The maximum atomic E-state index is 14.2. The van der Waals surface area contributed by atoms with Gasteiger partial charge in [0.25, 0.3) is 0 Å². The van der Waals surface area contributed by atoms with Crippen molar-refractivity contribution in [1.82, 2.24) is 5.32 Å². The predicted molar refractivity (Wildman–Crippen MR) is 115 cm³/mol. The molecule has 0 radical (unpaired) electrons. The lowest BCUT2D eigenvalue weighted by atomic mass is 10.1. The van der Waals surface area contributed by atoms with E-state index in [-0.39, 0.29) is 25.7 Å². The molecule has 2 aromatic carbocycles. The summed E-state index contributed by atoms with van der Waals surface area (Å²) in [5, 5.41) is 3.14. The van der Waals surface area contributed by atoms with Gasteiger partial charge in [-0.2, -0.15) is 0 Å². The van der Waals surface area contributed by atoms with Gasteiger partial charge in [-0.3, -0.25) is 4.79 Å². The lowest BCUT2D eigenvalue weighted by Crippen LogP contribution is -2.28. The molecule has 0 saturated heterocycles. The zero-order valence-electron chi connectivity index (χ0n) is 17.0. The van der Waals surface area contributed by atoms with Crippen LogP contribution >= 0.6 is 11.3 Å². The van der Waals surface area contributed by atoms with Crippen molar-refractivity contribution in [2.24, 2.45) is 0 Å². The summed E-state index contributed by atoms with van der Waals surface area (Å²) in [6, 6.07) is 12.8. The van der Waals surface area contributed by atoms with Crippen LogP contribution in [-0.2, 0) is 27.3 Å². The van der Waals surface area contributed by atoms with Crippen LogP contribution < -0.4 is 5.32 Å². The van der Waals surface area contributed by atoms with Gasteiger partial charge in [0.15, 0.2) is 0 Å². The van der Waals surface area contributed by atoms with Crippen molar-refractivity contribution in [2.45, 2.75) is 26.4 Å². The largest absolute Gasteiger partial charge is 0.460 e. The molecule has 7 heteroatoms. The number of methoxy groups -OCH3 is 1. The van der Waals surface area contributed by atoms with Crippen molar-refractivity contribution < 1.29 is 23.5 Å². The van der Waals surface area contributed by atoms with Crippen molar-refractivity contribution in [3.63, 3.8) is 0 Å². The fourth-order valence-electron chi connectivity index (χ4n) is 3.12. The molecule has 3 rings (SSSR count). The van der Waals surface area contributed by atoms with Crippen molar-refractivity contribution in [1.29, 1.82) is 0 Å². The Kier molecular flexibility index (Phi) is 7.54. The van der Waals surface area contributed by atoms with Crippen LogP contribution in [0, 0.1) is 12.7 Å². The minimum absolute atomic E-state index is 0.0399. The highest BCUT2D eigenvalue weighted by Crippen LogP contribution is 2.34. The van der Waals surface area contributed by atoms with E-state index in [2.05, 4.69) is 5.32 Å². The van der Waals surface area contributed by atoms with Crippen molar-refractivity contribution in [2.75, 3.05) is 20.3 Å². The number of hydrogen-bond donors (Lipinski definition) is 1. The minimum atomic E-state index is -0.545. The van der Waals surface area contributed by atoms with Gasteiger partial charge in [-0.1, -0.05) is 35.9 Å². The first-order valence-corrected chi connectivity index (χ1v) is 10.5. The maximum Gasteiger partial charge on any atom is 0.348 e. The van der Waals surface area contributed by atoms with Crippen LogP contribution in [0.2, 0.25) is 0 Å². The first kappa shape index (κ1) is 21.9. The van der Waals surface area contributed by atoms with Gasteiger partial charge < -0.3 is 14.8 Å². The van der Waals surface area contributed by atoms with Gasteiger partial charge in [0.2, 0.25) is 5.91 Å². The molecule has 5 nitrogen and oxygen atoms in total. The zero-order chi connectivity index (χ0) is 21.5. The molecule has 0 aliphatic heterocycles. The third kappa shape index (κ3) is 5.43. The third-order valence-corrected chi connectivity index (χ3v) is 5.83. The molecule has 0 atom stereocenters. The maximum absolute atomic E-state index is 14.2. The quantitative estimate of drug-likeness (QED) is 0.404. The van der Waals surface area contributed by atoms with Gasteiger partial charge in [-0.25, -0.2) is 9.18 Å². The topological polar surface area (TPSA) is 64.6 Å². The monoisotopic (exact) mass is 429 g/mol. The molecule has 0 saturated carbocycles. The van der Waals surface area contributed by atoms with Gasteiger partial charge in [0, 0.05) is 29.2 Å². The van der Waals surface area contributed by atoms with Crippen molar-refractivity contribution in [3.8, 4) is 0 Å². The SMILES string of the molecule is COCc1c(C(=O)OCCNC(=O)CCc2ccc(C)cc2)sc2cccc(F)c12. The molecule has 1 N–H and O–H groups in total. The van der Waals surface area contributed by atoms with E-state index in [1.165, 1.54) is 30.1 Å². The smallest absolute Gasteiger partial charge is 0.348 e. The normalized spacial score (nSPS) is 10.9. The lowest BCUT2D eigenvalue weighted by Gasteiger charge is -2.08. The summed E-state index contributed by atoms with van der Waals surface area (Å²) < 4.78 is 25.3. The zero-order valence-corrected chi connectivity index (χ0v) is 17.8. The molecule has 0 spiro atoms. The number of fused-ring (bicyclic) bond motifs is 1. The Labute approximate surface area is 178 Å². The Bertz CT molecular complexity index is 1030.